The molecule has 3 heteroatoms. The van der Waals surface area contributed by atoms with E-state index < -0.39 is 0 Å². The third kappa shape index (κ3) is 1.35. The van der Waals surface area contributed by atoms with Crippen molar-refractivity contribution in [3.8, 4) is 0 Å². The average Bonchev–Trinajstić information content (AvgIpc) is 1.76. The Hall–Kier alpha value is -0.128. The fourth-order valence-electron chi connectivity index (χ4n) is 0.215. The maximum Gasteiger partial charge on any atom is 0.0487 e. The van der Waals surface area contributed by atoms with Crippen molar-refractivity contribution in [2.75, 3.05) is 0 Å². The first-order valence-electron chi connectivity index (χ1n) is 1.44. The van der Waals surface area contributed by atoms with E-state index in [1.165, 1.54) is 0 Å². The minimum atomic E-state index is 0. The van der Waals surface area contributed by atoms with Gasteiger partial charge in [-0.05, 0) is 6.07 Å². The van der Waals surface area contributed by atoms with Gasteiger partial charge in [0.15, 0.2) is 0 Å². The molecular formula is C3H4N2Pd. The Kier molecular flexibility index (Phi) is 3.01. The Morgan fingerprint density at radius 2 is 2.33 bits per heavy atom. The minimum absolute atomic E-state index is 0. The summed E-state index contributed by atoms with van der Waals surface area (Å²) in [6, 6.07) is 1.83. The third-order valence-corrected chi connectivity index (χ3v) is 0.406. The van der Waals surface area contributed by atoms with Crippen LogP contribution >= 0.6 is 0 Å². The zero-order valence-corrected chi connectivity index (χ0v) is 4.55. The number of rotatable bonds is 0. The van der Waals surface area contributed by atoms with Crippen LogP contribution in [0.4, 0.5) is 0 Å². The summed E-state index contributed by atoms with van der Waals surface area (Å²) in [5, 5.41) is 6.21. The molecule has 1 heterocycles. The summed E-state index contributed by atoms with van der Waals surface area (Å²) in [5.74, 6) is 0. The smallest absolute Gasteiger partial charge is 0.0487 e. The summed E-state index contributed by atoms with van der Waals surface area (Å²) in [4.78, 5) is 0. The number of hydrogen-bond acceptors (Lipinski definition) is 1. The zero-order valence-electron chi connectivity index (χ0n) is 3.00. The van der Waals surface area contributed by atoms with Crippen LogP contribution in [0.25, 0.3) is 0 Å². The maximum absolute atomic E-state index is 3.60. The molecule has 0 aromatic carbocycles. The Morgan fingerprint density at radius 1 is 1.50 bits per heavy atom. The second-order valence-corrected chi connectivity index (χ2v) is 0.766. The number of nitrogens with zero attached hydrogens (tertiary/aromatic N) is 1. The van der Waals surface area contributed by atoms with Crippen LogP contribution in [0, 0.1) is 0 Å². The molecule has 0 atom stereocenters. The Labute approximate surface area is 49.6 Å². The molecule has 0 radical (unpaired) electrons. The van der Waals surface area contributed by atoms with E-state index in [9.17, 15) is 0 Å². The number of aromatic amines is 1. The molecule has 0 spiro atoms. The van der Waals surface area contributed by atoms with Crippen molar-refractivity contribution in [1.29, 1.82) is 0 Å². The van der Waals surface area contributed by atoms with Crippen molar-refractivity contribution < 1.29 is 20.4 Å². The van der Waals surface area contributed by atoms with E-state index in [2.05, 4.69) is 10.2 Å². The van der Waals surface area contributed by atoms with Gasteiger partial charge in [-0.25, -0.2) is 0 Å². The SMILES string of the molecule is [Pd].c1cn[nH]c1. The van der Waals surface area contributed by atoms with Gasteiger partial charge in [0.1, 0.15) is 0 Å². The normalized spacial score (nSPS) is 6.67. The van der Waals surface area contributed by atoms with Gasteiger partial charge in [-0.15, -0.1) is 0 Å². The van der Waals surface area contributed by atoms with E-state index >= 15 is 0 Å². The molecule has 0 saturated carbocycles. The Balaban J connectivity index is 0.000000250. The molecule has 0 saturated heterocycles. The van der Waals surface area contributed by atoms with Gasteiger partial charge in [-0.1, -0.05) is 0 Å². The van der Waals surface area contributed by atoms with Crippen LogP contribution in [-0.2, 0) is 20.4 Å². The van der Waals surface area contributed by atoms with Crippen LogP contribution in [0.3, 0.4) is 0 Å². The van der Waals surface area contributed by atoms with Crippen LogP contribution < -0.4 is 0 Å². The summed E-state index contributed by atoms with van der Waals surface area (Å²) < 4.78 is 0. The van der Waals surface area contributed by atoms with E-state index in [1.54, 1.807) is 12.4 Å². The van der Waals surface area contributed by atoms with E-state index in [0.717, 1.165) is 0 Å². The summed E-state index contributed by atoms with van der Waals surface area (Å²) >= 11 is 0. The average molecular weight is 174 g/mol. The van der Waals surface area contributed by atoms with Crippen molar-refractivity contribution in [1.82, 2.24) is 10.2 Å². The molecule has 1 aromatic rings. The fraction of sp³-hybridized carbons (Fsp3) is 0. The quantitative estimate of drug-likeness (QED) is 0.567. The molecule has 0 bridgehead atoms. The number of nitrogens with one attached hydrogen (secondary N) is 1. The van der Waals surface area contributed by atoms with Crippen LogP contribution in [0.15, 0.2) is 18.5 Å². The number of aromatic nitrogens is 2. The largest absolute Gasteiger partial charge is 0.286 e. The minimum Gasteiger partial charge on any atom is -0.286 e. The van der Waals surface area contributed by atoms with Crippen molar-refractivity contribution in [2.45, 2.75) is 0 Å². The zero-order chi connectivity index (χ0) is 3.54. The first kappa shape index (κ1) is 5.87. The topological polar surface area (TPSA) is 28.7 Å². The predicted octanol–water partition coefficient (Wildman–Crippen LogP) is 0.407. The predicted molar refractivity (Wildman–Crippen MR) is 18.6 cm³/mol. The Morgan fingerprint density at radius 3 is 2.50 bits per heavy atom. The van der Waals surface area contributed by atoms with Gasteiger partial charge in [-0.3, -0.25) is 5.10 Å². The molecule has 0 amide bonds. The van der Waals surface area contributed by atoms with Gasteiger partial charge in [0, 0.05) is 32.8 Å². The summed E-state index contributed by atoms with van der Waals surface area (Å²) in [6.45, 7) is 0. The van der Waals surface area contributed by atoms with Crippen LogP contribution in [0.1, 0.15) is 0 Å². The van der Waals surface area contributed by atoms with Gasteiger partial charge in [-0.2, -0.15) is 5.10 Å². The molecule has 0 aliphatic heterocycles. The van der Waals surface area contributed by atoms with E-state index in [0.29, 0.717) is 0 Å². The molecule has 0 aliphatic carbocycles. The molecule has 0 aliphatic rings. The second kappa shape index (κ2) is 3.08. The van der Waals surface area contributed by atoms with E-state index in [1.807, 2.05) is 6.07 Å². The van der Waals surface area contributed by atoms with Crippen molar-refractivity contribution >= 4 is 0 Å². The third-order valence-electron chi connectivity index (χ3n) is 0.406. The van der Waals surface area contributed by atoms with E-state index in [-0.39, 0.29) is 20.4 Å². The van der Waals surface area contributed by atoms with Gasteiger partial charge in [0.25, 0.3) is 0 Å². The molecule has 0 fully saturated rings. The van der Waals surface area contributed by atoms with Gasteiger partial charge < -0.3 is 0 Å². The second-order valence-electron chi connectivity index (χ2n) is 0.766. The molecule has 1 rings (SSSR count). The molecule has 1 N–H and O–H groups in total. The fourth-order valence-corrected chi connectivity index (χ4v) is 0.215. The summed E-state index contributed by atoms with van der Waals surface area (Å²) in [5.41, 5.74) is 0. The first-order valence-corrected chi connectivity index (χ1v) is 1.44. The molecular weight excluding hydrogens is 170 g/mol. The van der Waals surface area contributed by atoms with Crippen molar-refractivity contribution in [3.63, 3.8) is 0 Å². The van der Waals surface area contributed by atoms with Crippen molar-refractivity contribution in [3.05, 3.63) is 18.5 Å². The molecule has 1 aromatic heterocycles. The summed E-state index contributed by atoms with van der Waals surface area (Å²) in [7, 11) is 0. The number of hydrogen-bond donors (Lipinski definition) is 1. The van der Waals surface area contributed by atoms with E-state index in [4.69, 9.17) is 0 Å². The van der Waals surface area contributed by atoms with Gasteiger partial charge >= 0.3 is 0 Å². The molecule has 2 nitrogen and oxygen atoms in total. The van der Waals surface area contributed by atoms with Crippen molar-refractivity contribution in [2.24, 2.45) is 0 Å². The number of H-pyrrole nitrogens is 1. The Bertz CT molecular complexity index is 65.3. The standard InChI is InChI=1S/C3H4N2.Pd/c1-2-4-5-3-1;/h1-3H,(H,4,5);. The van der Waals surface area contributed by atoms with Crippen LogP contribution in [-0.4, -0.2) is 10.2 Å². The van der Waals surface area contributed by atoms with Crippen LogP contribution in [0.2, 0.25) is 0 Å². The summed E-state index contributed by atoms with van der Waals surface area (Å²) in [6.07, 6.45) is 3.46. The molecule has 6 heavy (non-hydrogen) atoms. The first-order chi connectivity index (χ1) is 2.50. The van der Waals surface area contributed by atoms with Gasteiger partial charge in [0.2, 0.25) is 0 Å². The molecule has 36 valence electrons. The monoisotopic (exact) mass is 174 g/mol. The molecule has 0 unspecified atom stereocenters. The van der Waals surface area contributed by atoms with Gasteiger partial charge in [0.05, 0.1) is 0 Å². The maximum atomic E-state index is 3.60. The van der Waals surface area contributed by atoms with Crippen LogP contribution in [0.5, 0.6) is 0 Å².